The zero-order chi connectivity index (χ0) is 20.5. The van der Waals surface area contributed by atoms with E-state index in [9.17, 15) is 0 Å². The van der Waals surface area contributed by atoms with E-state index in [1.165, 1.54) is 16.0 Å². The van der Waals surface area contributed by atoms with Gasteiger partial charge in [0.15, 0.2) is 5.11 Å². The maximum atomic E-state index is 5.52. The highest BCUT2D eigenvalue weighted by Gasteiger charge is 2.11. The van der Waals surface area contributed by atoms with Crippen molar-refractivity contribution in [2.45, 2.75) is 30.0 Å². The van der Waals surface area contributed by atoms with Gasteiger partial charge in [0.05, 0.1) is 13.2 Å². The van der Waals surface area contributed by atoms with Gasteiger partial charge in [-0.15, -0.1) is 11.8 Å². The first kappa shape index (κ1) is 21.2. The predicted octanol–water partition coefficient (Wildman–Crippen LogP) is 6.43. The van der Waals surface area contributed by atoms with Gasteiger partial charge in [-0.05, 0) is 66.2 Å². The lowest BCUT2D eigenvalue weighted by atomic mass is 10.0. The minimum absolute atomic E-state index is 0.155. The van der Waals surface area contributed by atoms with E-state index in [0.717, 1.165) is 23.6 Å². The van der Waals surface area contributed by atoms with Crippen LogP contribution in [-0.4, -0.2) is 12.2 Å². The van der Waals surface area contributed by atoms with Crippen LogP contribution in [0, 0.1) is 0 Å². The summed E-state index contributed by atoms with van der Waals surface area (Å²) in [4.78, 5) is 1.28. The van der Waals surface area contributed by atoms with Gasteiger partial charge in [0, 0.05) is 16.3 Å². The molecule has 0 saturated heterocycles. The van der Waals surface area contributed by atoms with E-state index in [1.54, 1.807) is 7.11 Å². The van der Waals surface area contributed by atoms with Crippen molar-refractivity contribution in [2.24, 2.45) is 0 Å². The van der Waals surface area contributed by atoms with Gasteiger partial charge in [-0.25, -0.2) is 0 Å². The number of thiocarbonyl (C=S) groups is 1. The molecule has 0 fully saturated rings. The SMILES string of the molecule is CCC(NC(=S)Nc1ccc(CSc2ccccc2)cc1)c1ccc(OC)cc1. The number of hydrogen-bond acceptors (Lipinski definition) is 3. The Morgan fingerprint density at radius 1 is 0.966 bits per heavy atom. The molecule has 3 rings (SSSR count). The Morgan fingerprint density at radius 2 is 1.66 bits per heavy atom. The summed E-state index contributed by atoms with van der Waals surface area (Å²) in [5, 5.41) is 7.32. The van der Waals surface area contributed by atoms with Gasteiger partial charge in [-0.3, -0.25) is 0 Å². The van der Waals surface area contributed by atoms with Gasteiger partial charge < -0.3 is 15.4 Å². The molecule has 2 N–H and O–H groups in total. The Bertz CT molecular complexity index is 896. The Morgan fingerprint density at radius 3 is 2.28 bits per heavy atom. The van der Waals surface area contributed by atoms with Crippen LogP contribution in [0.25, 0.3) is 0 Å². The molecule has 0 aliphatic carbocycles. The van der Waals surface area contributed by atoms with E-state index in [-0.39, 0.29) is 6.04 Å². The summed E-state index contributed by atoms with van der Waals surface area (Å²) in [5.41, 5.74) is 3.46. The number of methoxy groups -OCH3 is 1. The molecule has 5 heteroatoms. The van der Waals surface area contributed by atoms with E-state index < -0.39 is 0 Å². The van der Waals surface area contributed by atoms with Gasteiger partial charge in [-0.2, -0.15) is 0 Å². The second-order valence-corrected chi connectivity index (χ2v) is 8.09. The smallest absolute Gasteiger partial charge is 0.171 e. The molecule has 0 aliphatic heterocycles. The van der Waals surface area contributed by atoms with E-state index in [1.807, 2.05) is 30.0 Å². The summed E-state index contributed by atoms with van der Waals surface area (Å²) in [5.74, 6) is 1.80. The van der Waals surface area contributed by atoms with Crippen molar-refractivity contribution in [3.63, 3.8) is 0 Å². The summed E-state index contributed by atoms with van der Waals surface area (Å²) in [6, 6.07) is 27.1. The van der Waals surface area contributed by atoms with Crippen LogP contribution in [0.4, 0.5) is 5.69 Å². The molecule has 0 saturated carbocycles. The molecule has 3 aromatic carbocycles. The lowest BCUT2D eigenvalue weighted by Gasteiger charge is -2.20. The van der Waals surface area contributed by atoms with Crippen LogP contribution < -0.4 is 15.4 Å². The molecule has 0 amide bonds. The van der Waals surface area contributed by atoms with Gasteiger partial charge in [-0.1, -0.05) is 49.4 Å². The summed E-state index contributed by atoms with van der Waals surface area (Å²) in [6.07, 6.45) is 0.934. The van der Waals surface area contributed by atoms with Crippen molar-refractivity contribution in [3.8, 4) is 5.75 Å². The first-order valence-corrected chi connectivity index (χ1v) is 11.1. The standard InChI is InChI=1S/C24H26N2OS2/c1-3-23(19-11-15-21(27-2)16-12-19)26-24(28)25-20-13-9-18(10-14-20)17-29-22-7-5-4-6-8-22/h4-16,23H,3,17H2,1-2H3,(H2,25,26,28). The maximum absolute atomic E-state index is 5.52. The topological polar surface area (TPSA) is 33.3 Å². The monoisotopic (exact) mass is 422 g/mol. The highest BCUT2D eigenvalue weighted by molar-refractivity contribution is 7.98. The summed E-state index contributed by atoms with van der Waals surface area (Å²) >= 11 is 7.36. The zero-order valence-electron chi connectivity index (χ0n) is 16.7. The van der Waals surface area contributed by atoms with Gasteiger partial charge in [0.25, 0.3) is 0 Å². The van der Waals surface area contributed by atoms with Gasteiger partial charge in [0.1, 0.15) is 5.75 Å². The van der Waals surface area contributed by atoms with Crippen molar-refractivity contribution < 1.29 is 4.74 Å². The van der Waals surface area contributed by atoms with E-state index in [0.29, 0.717) is 5.11 Å². The number of nitrogens with one attached hydrogen (secondary N) is 2. The molecule has 0 aliphatic rings. The Balaban J connectivity index is 1.52. The number of hydrogen-bond donors (Lipinski definition) is 2. The number of ether oxygens (including phenoxy) is 1. The molecule has 150 valence electrons. The van der Waals surface area contributed by atoms with Crippen LogP contribution in [-0.2, 0) is 5.75 Å². The van der Waals surface area contributed by atoms with E-state index in [4.69, 9.17) is 17.0 Å². The highest BCUT2D eigenvalue weighted by atomic mass is 32.2. The third-order valence-corrected chi connectivity index (χ3v) is 5.90. The Labute approximate surface area is 182 Å². The van der Waals surface area contributed by atoms with Crippen LogP contribution in [0.1, 0.15) is 30.5 Å². The molecule has 3 aromatic rings. The summed E-state index contributed by atoms with van der Waals surface area (Å²) in [7, 11) is 1.68. The van der Waals surface area contributed by atoms with E-state index >= 15 is 0 Å². The molecule has 1 atom stereocenters. The van der Waals surface area contributed by atoms with Crippen molar-refractivity contribution >= 4 is 34.8 Å². The number of benzene rings is 3. The largest absolute Gasteiger partial charge is 0.497 e. The lowest BCUT2D eigenvalue weighted by Crippen LogP contribution is -2.32. The predicted molar refractivity (Wildman–Crippen MR) is 128 cm³/mol. The molecular formula is C24H26N2OS2. The normalized spacial score (nSPS) is 11.5. The molecule has 0 heterocycles. The van der Waals surface area contributed by atoms with Crippen LogP contribution >= 0.6 is 24.0 Å². The fourth-order valence-electron chi connectivity index (χ4n) is 2.95. The molecule has 0 radical (unpaired) electrons. The maximum Gasteiger partial charge on any atom is 0.171 e. The van der Waals surface area contributed by atoms with Crippen LogP contribution in [0.15, 0.2) is 83.8 Å². The van der Waals surface area contributed by atoms with Crippen LogP contribution in [0.3, 0.4) is 0 Å². The first-order chi connectivity index (χ1) is 14.2. The number of anilines is 1. The average Bonchev–Trinajstić information content (AvgIpc) is 2.78. The average molecular weight is 423 g/mol. The molecule has 0 bridgehead atoms. The van der Waals surface area contributed by atoms with Crippen molar-refractivity contribution in [1.29, 1.82) is 0 Å². The molecule has 1 unspecified atom stereocenters. The van der Waals surface area contributed by atoms with Crippen molar-refractivity contribution in [1.82, 2.24) is 5.32 Å². The molecule has 29 heavy (non-hydrogen) atoms. The van der Waals surface area contributed by atoms with E-state index in [2.05, 4.69) is 78.2 Å². The molecular weight excluding hydrogens is 396 g/mol. The minimum Gasteiger partial charge on any atom is -0.497 e. The molecule has 3 nitrogen and oxygen atoms in total. The zero-order valence-corrected chi connectivity index (χ0v) is 18.4. The fraction of sp³-hybridized carbons (Fsp3) is 0.208. The third-order valence-electron chi connectivity index (χ3n) is 4.59. The summed E-state index contributed by atoms with van der Waals surface area (Å²) < 4.78 is 5.23. The summed E-state index contributed by atoms with van der Waals surface area (Å²) in [6.45, 7) is 2.14. The van der Waals surface area contributed by atoms with Crippen molar-refractivity contribution in [2.75, 3.05) is 12.4 Å². The number of rotatable bonds is 8. The quantitative estimate of drug-likeness (QED) is 0.323. The van der Waals surface area contributed by atoms with Gasteiger partial charge in [0.2, 0.25) is 0 Å². The van der Waals surface area contributed by atoms with Gasteiger partial charge >= 0.3 is 0 Å². The molecule has 0 aromatic heterocycles. The Kier molecular flexibility index (Phi) is 7.96. The lowest BCUT2D eigenvalue weighted by molar-refractivity contribution is 0.414. The van der Waals surface area contributed by atoms with Crippen molar-refractivity contribution in [3.05, 3.63) is 90.0 Å². The second-order valence-electron chi connectivity index (χ2n) is 6.63. The Hall–Kier alpha value is -2.50. The third kappa shape index (κ3) is 6.51. The van der Waals surface area contributed by atoms with Crippen LogP contribution in [0.2, 0.25) is 0 Å². The second kappa shape index (κ2) is 10.9. The number of thioether (sulfide) groups is 1. The van der Waals surface area contributed by atoms with Crippen LogP contribution in [0.5, 0.6) is 5.75 Å². The minimum atomic E-state index is 0.155. The highest BCUT2D eigenvalue weighted by Crippen LogP contribution is 2.23. The first-order valence-electron chi connectivity index (χ1n) is 9.66. The molecule has 0 spiro atoms. The fourth-order valence-corrected chi connectivity index (χ4v) is 4.09.